The molecule has 3 heterocycles. The van der Waals surface area contributed by atoms with Gasteiger partial charge in [0.1, 0.15) is 12.1 Å². The zero-order valence-corrected chi connectivity index (χ0v) is 16.1. The van der Waals surface area contributed by atoms with Crippen LogP contribution in [-0.2, 0) is 0 Å². The normalized spacial score (nSPS) is 12.1. The van der Waals surface area contributed by atoms with E-state index in [0.29, 0.717) is 27.6 Å². The molecule has 0 unspecified atom stereocenters. The number of pyridine rings is 2. The van der Waals surface area contributed by atoms with Gasteiger partial charge in [0.15, 0.2) is 5.65 Å². The van der Waals surface area contributed by atoms with E-state index < -0.39 is 0 Å². The number of benzene rings is 1. The van der Waals surface area contributed by atoms with Crippen molar-refractivity contribution in [1.82, 2.24) is 19.9 Å². The minimum atomic E-state index is -0.340. The van der Waals surface area contributed by atoms with Crippen molar-refractivity contribution >= 4 is 28.3 Å². The van der Waals surface area contributed by atoms with Crippen molar-refractivity contribution in [2.75, 3.05) is 5.32 Å². The molecule has 4 aromatic rings. The minimum absolute atomic E-state index is 0.301. The summed E-state index contributed by atoms with van der Waals surface area (Å²) in [5.74, 6) is -0.301. The minimum Gasteiger partial charge on any atom is -0.377 e. The molecular formula is C21H17ClFN5. The maximum atomic E-state index is 14.6. The topological polar surface area (TPSA) is 63.6 Å². The van der Waals surface area contributed by atoms with E-state index in [9.17, 15) is 4.39 Å². The van der Waals surface area contributed by atoms with E-state index in [1.54, 1.807) is 30.7 Å². The molecule has 3 aromatic heterocycles. The first-order chi connectivity index (χ1) is 13.5. The summed E-state index contributed by atoms with van der Waals surface area (Å²) < 4.78 is 14.6. The summed E-state index contributed by atoms with van der Waals surface area (Å²) in [6.45, 7) is 3.71. The van der Waals surface area contributed by atoms with Gasteiger partial charge in [-0.3, -0.25) is 0 Å². The van der Waals surface area contributed by atoms with Crippen molar-refractivity contribution in [3.05, 3.63) is 77.3 Å². The highest BCUT2D eigenvalue weighted by Crippen LogP contribution is 2.35. The fourth-order valence-electron chi connectivity index (χ4n) is 3.13. The largest absolute Gasteiger partial charge is 0.377 e. The van der Waals surface area contributed by atoms with Crippen LogP contribution in [0.3, 0.4) is 0 Å². The van der Waals surface area contributed by atoms with Gasteiger partial charge in [-0.15, -0.1) is 0 Å². The number of hydrogen-bond acceptors (Lipinski definition) is 5. The molecule has 0 radical (unpaired) electrons. The van der Waals surface area contributed by atoms with Gasteiger partial charge in [0.25, 0.3) is 0 Å². The Kier molecular flexibility index (Phi) is 4.88. The predicted molar refractivity (Wildman–Crippen MR) is 109 cm³/mol. The van der Waals surface area contributed by atoms with Gasteiger partial charge in [0, 0.05) is 35.1 Å². The second kappa shape index (κ2) is 7.48. The van der Waals surface area contributed by atoms with E-state index in [1.807, 2.05) is 26.0 Å². The SMILES string of the molecule is Cc1nc2ncccc2c(N[C@H](C)c2cc(-c3cncnc3)ccc2F)c1Cl. The quantitative estimate of drug-likeness (QED) is 0.505. The summed E-state index contributed by atoms with van der Waals surface area (Å²) in [7, 11) is 0. The molecule has 0 fully saturated rings. The van der Waals surface area contributed by atoms with Gasteiger partial charge in [-0.25, -0.2) is 24.3 Å². The average molecular weight is 394 g/mol. The van der Waals surface area contributed by atoms with Crippen LogP contribution in [0.2, 0.25) is 5.02 Å². The number of aromatic nitrogens is 4. The highest BCUT2D eigenvalue weighted by molar-refractivity contribution is 6.35. The van der Waals surface area contributed by atoms with Crippen LogP contribution in [0.4, 0.5) is 10.1 Å². The molecule has 0 saturated carbocycles. The van der Waals surface area contributed by atoms with Crippen molar-refractivity contribution in [2.24, 2.45) is 0 Å². The first-order valence-electron chi connectivity index (χ1n) is 8.77. The van der Waals surface area contributed by atoms with Gasteiger partial charge >= 0.3 is 0 Å². The van der Waals surface area contributed by atoms with Gasteiger partial charge in [-0.05, 0) is 43.7 Å². The van der Waals surface area contributed by atoms with Gasteiger partial charge < -0.3 is 5.32 Å². The average Bonchev–Trinajstić information content (AvgIpc) is 2.72. The third-order valence-corrected chi connectivity index (χ3v) is 5.05. The van der Waals surface area contributed by atoms with Gasteiger partial charge in [0.2, 0.25) is 0 Å². The lowest BCUT2D eigenvalue weighted by molar-refractivity contribution is 0.600. The summed E-state index contributed by atoms with van der Waals surface area (Å²) in [4.78, 5) is 16.8. The monoisotopic (exact) mass is 393 g/mol. The van der Waals surface area contributed by atoms with Crippen LogP contribution in [0.15, 0.2) is 55.2 Å². The molecule has 0 aliphatic rings. The molecule has 140 valence electrons. The second-order valence-corrected chi connectivity index (χ2v) is 6.87. The first kappa shape index (κ1) is 18.3. The zero-order chi connectivity index (χ0) is 19.7. The maximum absolute atomic E-state index is 14.6. The Hall–Kier alpha value is -3.12. The van der Waals surface area contributed by atoms with Crippen LogP contribution in [0.1, 0.15) is 24.2 Å². The number of halogens is 2. The smallest absolute Gasteiger partial charge is 0.161 e. The van der Waals surface area contributed by atoms with Crippen molar-refractivity contribution in [3.63, 3.8) is 0 Å². The third kappa shape index (κ3) is 3.39. The predicted octanol–water partition coefficient (Wildman–Crippen LogP) is 5.36. The van der Waals surface area contributed by atoms with E-state index in [0.717, 1.165) is 16.5 Å². The molecule has 28 heavy (non-hydrogen) atoms. The van der Waals surface area contributed by atoms with Crippen LogP contribution in [0.25, 0.3) is 22.2 Å². The van der Waals surface area contributed by atoms with Crippen LogP contribution < -0.4 is 5.32 Å². The zero-order valence-electron chi connectivity index (χ0n) is 15.3. The Morgan fingerprint density at radius 1 is 1.11 bits per heavy atom. The van der Waals surface area contributed by atoms with E-state index in [1.165, 1.54) is 12.4 Å². The molecule has 0 aliphatic carbocycles. The molecular weight excluding hydrogens is 377 g/mol. The Bertz CT molecular complexity index is 1150. The van der Waals surface area contributed by atoms with Crippen molar-refractivity contribution < 1.29 is 4.39 Å². The second-order valence-electron chi connectivity index (χ2n) is 6.49. The van der Waals surface area contributed by atoms with Crippen molar-refractivity contribution in [2.45, 2.75) is 19.9 Å². The molecule has 1 N–H and O–H groups in total. The maximum Gasteiger partial charge on any atom is 0.161 e. The summed E-state index contributed by atoms with van der Waals surface area (Å²) in [5.41, 5.74) is 4.13. The van der Waals surface area contributed by atoms with Crippen molar-refractivity contribution in [1.29, 1.82) is 0 Å². The number of rotatable bonds is 4. The standard InChI is InChI=1S/C21H17ClFN5/c1-12(17-8-14(5-6-18(17)23)15-9-24-11-25-10-15)27-20-16-4-3-7-26-21(16)28-13(2)19(20)22/h3-12H,1-2H3,(H,26,27,28)/t12-/m1/s1. The van der Waals surface area contributed by atoms with E-state index in [-0.39, 0.29) is 11.9 Å². The Morgan fingerprint density at radius 3 is 2.68 bits per heavy atom. The van der Waals surface area contributed by atoms with Gasteiger partial charge in [-0.2, -0.15) is 0 Å². The Labute approximate surface area is 166 Å². The van der Waals surface area contributed by atoms with Crippen LogP contribution in [0.5, 0.6) is 0 Å². The van der Waals surface area contributed by atoms with Crippen LogP contribution in [0, 0.1) is 12.7 Å². The Balaban J connectivity index is 1.75. The lowest BCUT2D eigenvalue weighted by Crippen LogP contribution is -2.10. The van der Waals surface area contributed by atoms with E-state index in [2.05, 4.69) is 25.3 Å². The number of anilines is 1. The van der Waals surface area contributed by atoms with E-state index >= 15 is 0 Å². The van der Waals surface area contributed by atoms with Crippen molar-refractivity contribution in [3.8, 4) is 11.1 Å². The molecule has 1 aromatic carbocycles. The molecule has 4 rings (SSSR count). The first-order valence-corrected chi connectivity index (χ1v) is 9.14. The summed E-state index contributed by atoms with van der Waals surface area (Å²) in [6.07, 6.45) is 6.54. The van der Waals surface area contributed by atoms with E-state index in [4.69, 9.17) is 11.6 Å². The number of nitrogens with zero attached hydrogens (tertiary/aromatic N) is 4. The molecule has 1 atom stereocenters. The molecule has 7 heteroatoms. The summed E-state index contributed by atoms with van der Waals surface area (Å²) in [5, 5.41) is 4.64. The van der Waals surface area contributed by atoms with Gasteiger partial charge in [0.05, 0.1) is 22.4 Å². The fraction of sp³-hybridized carbons (Fsp3) is 0.143. The molecule has 0 bridgehead atoms. The fourth-order valence-corrected chi connectivity index (χ4v) is 3.33. The van der Waals surface area contributed by atoms with Gasteiger partial charge in [-0.1, -0.05) is 17.7 Å². The summed E-state index contributed by atoms with van der Waals surface area (Å²) >= 11 is 6.51. The van der Waals surface area contributed by atoms with Crippen LogP contribution in [-0.4, -0.2) is 19.9 Å². The Morgan fingerprint density at radius 2 is 1.89 bits per heavy atom. The molecule has 0 saturated heterocycles. The molecule has 0 amide bonds. The number of aryl methyl sites for hydroxylation is 1. The third-order valence-electron chi connectivity index (χ3n) is 4.58. The number of nitrogens with one attached hydrogen (secondary N) is 1. The highest BCUT2D eigenvalue weighted by Gasteiger charge is 2.17. The van der Waals surface area contributed by atoms with Crippen LogP contribution >= 0.6 is 11.6 Å². The molecule has 5 nitrogen and oxygen atoms in total. The molecule has 0 aliphatic heterocycles. The molecule has 0 spiro atoms. The summed E-state index contributed by atoms with van der Waals surface area (Å²) in [6, 6.07) is 8.34. The lowest BCUT2D eigenvalue weighted by atomic mass is 10.0. The lowest BCUT2D eigenvalue weighted by Gasteiger charge is -2.20. The highest BCUT2D eigenvalue weighted by atomic mass is 35.5. The number of fused-ring (bicyclic) bond motifs is 1. The number of hydrogen-bond donors (Lipinski definition) is 1.